The van der Waals surface area contributed by atoms with Gasteiger partial charge in [-0.05, 0) is 72.1 Å². The minimum atomic E-state index is -0.798. The van der Waals surface area contributed by atoms with Crippen molar-refractivity contribution in [2.45, 2.75) is 70.1 Å². The summed E-state index contributed by atoms with van der Waals surface area (Å²) in [5, 5.41) is 15.2. The maximum absolute atomic E-state index is 14.1. The minimum Gasteiger partial charge on any atom is -0.360 e. The molecule has 0 aliphatic carbocycles. The summed E-state index contributed by atoms with van der Waals surface area (Å²) in [6.45, 7) is 5.69. The third-order valence-electron chi connectivity index (χ3n) is 8.72. The lowest BCUT2D eigenvalue weighted by atomic mass is 9.93. The second-order valence-corrected chi connectivity index (χ2v) is 14.4. The van der Waals surface area contributed by atoms with Gasteiger partial charge in [0.05, 0.1) is 12.1 Å². The summed E-state index contributed by atoms with van der Waals surface area (Å²) in [6.07, 6.45) is 2.88. The van der Waals surface area contributed by atoms with Crippen molar-refractivity contribution in [1.82, 2.24) is 20.0 Å². The van der Waals surface area contributed by atoms with Crippen LogP contribution in [0.2, 0.25) is 10.0 Å². The van der Waals surface area contributed by atoms with E-state index in [0.717, 1.165) is 39.9 Å². The molecule has 47 heavy (non-hydrogen) atoms. The van der Waals surface area contributed by atoms with Crippen LogP contribution in [0.3, 0.4) is 0 Å². The van der Waals surface area contributed by atoms with Gasteiger partial charge in [-0.2, -0.15) is 0 Å². The Bertz CT molecular complexity index is 1650. The molecule has 0 radical (unpaired) electrons. The number of anilines is 1. The van der Waals surface area contributed by atoms with Crippen LogP contribution in [0.15, 0.2) is 66.2 Å². The molecule has 4 atom stereocenters. The lowest BCUT2D eigenvalue weighted by Gasteiger charge is -2.48. The number of hydrogen-bond donors (Lipinski definition) is 3. The molecule has 12 heteroatoms. The first-order valence-corrected chi connectivity index (χ1v) is 17.8. The number of fused-ring (bicyclic) bond motifs is 1. The zero-order chi connectivity index (χ0) is 33.5. The Labute approximate surface area is 290 Å². The summed E-state index contributed by atoms with van der Waals surface area (Å²) in [5.41, 5.74) is 16.7. The van der Waals surface area contributed by atoms with Gasteiger partial charge in [-0.1, -0.05) is 96.9 Å². The van der Waals surface area contributed by atoms with Crippen molar-refractivity contribution in [2.75, 3.05) is 25.0 Å². The number of benzene rings is 3. The van der Waals surface area contributed by atoms with Gasteiger partial charge >= 0.3 is 0 Å². The summed E-state index contributed by atoms with van der Waals surface area (Å²) in [7, 11) is 0. The summed E-state index contributed by atoms with van der Waals surface area (Å²) < 4.78 is 0. The molecule has 1 aromatic heterocycles. The highest BCUT2D eigenvalue weighted by atomic mass is 35.5. The van der Waals surface area contributed by atoms with Gasteiger partial charge in [0, 0.05) is 41.8 Å². The van der Waals surface area contributed by atoms with E-state index in [0.29, 0.717) is 48.4 Å². The van der Waals surface area contributed by atoms with Crippen LogP contribution in [0.4, 0.5) is 5.13 Å². The van der Waals surface area contributed by atoms with Crippen molar-refractivity contribution in [1.29, 1.82) is 0 Å². The van der Waals surface area contributed by atoms with Gasteiger partial charge in [-0.15, -0.1) is 10.2 Å². The Hall–Kier alpha value is -3.28. The Morgan fingerprint density at radius 1 is 0.936 bits per heavy atom. The van der Waals surface area contributed by atoms with E-state index < -0.39 is 12.1 Å². The average molecular weight is 697 g/mol. The van der Waals surface area contributed by atoms with Crippen LogP contribution in [0.5, 0.6) is 0 Å². The van der Waals surface area contributed by atoms with Gasteiger partial charge in [-0.25, -0.2) is 0 Å². The van der Waals surface area contributed by atoms with E-state index in [-0.39, 0.29) is 30.3 Å². The van der Waals surface area contributed by atoms with Crippen LogP contribution >= 0.6 is 34.5 Å². The molecule has 2 amide bonds. The fourth-order valence-electron chi connectivity index (χ4n) is 6.41. The van der Waals surface area contributed by atoms with Crippen molar-refractivity contribution in [3.8, 4) is 0 Å². The summed E-state index contributed by atoms with van der Waals surface area (Å²) in [5.74, 6) is 0.0581. The molecular formula is C35H43Cl2N7O2S. The lowest BCUT2D eigenvalue weighted by Crippen LogP contribution is -2.65. The number of hydrogen-bond acceptors (Lipinski definition) is 8. The number of halogens is 2. The smallest absolute Gasteiger partial charge is 0.240 e. The molecule has 1 aliphatic heterocycles. The maximum atomic E-state index is 14.1. The van der Waals surface area contributed by atoms with Gasteiger partial charge in [0.1, 0.15) is 5.51 Å². The molecule has 1 saturated heterocycles. The topological polar surface area (TPSA) is 130 Å². The molecule has 0 bridgehead atoms. The number of amides is 2. The average Bonchev–Trinajstić information content (AvgIpc) is 3.57. The predicted molar refractivity (Wildman–Crippen MR) is 192 cm³/mol. The van der Waals surface area contributed by atoms with E-state index in [1.54, 1.807) is 17.6 Å². The Morgan fingerprint density at radius 2 is 1.64 bits per heavy atom. The standard InChI is InChI=1S/C35H43Cl2N7O2S/c1-22(2)14-29-20-43(34(46)32(39)17-26-11-12-27(36)18-30(26)37)28(8-5-13-40-35-42-41-21-47-35)19-44(29)33(45)31(38)16-23-9-10-24-6-3-4-7-25(24)15-23/h3-4,6-7,9-12,15,18,21-22,28-29,31-32H,5,8,13-14,16-17,19-20,38-39H2,1-2H3,(H,40,42)/t28-,29+,31?,32?/m0/s1. The van der Waals surface area contributed by atoms with E-state index in [1.807, 2.05) is 34.1 Å². The molecule has 0 saturated carbocycles. The number of nitrogens with one attached hydrogen (secondary N) is 1. The third-order valence-corrected chi connectivity index (χ3v) is 9.95. The molecule has 1 fully saturated rings. The molecule has 5 rings (SSSR count). The number of rotatable bonds is 13. The number of piperazine rings is 1. The molecule has 0 spiro atoms. The van der Waals surface area contributed by atoms with E-state index in [9.17, 15) is 9.59 Å². The van der Waals surface area contributed by atoms with Gasteiger partial charge < -0.3 is 26.6 Å². The number of nitrogens with zero attached hydrogens (tertiary/aromatic N) is 4. The minimum absolute atomic E-state index is 0.0925. The normalized spacial score (nSPS) is 18.0. The van der Waals surface area contributed by atoms with Crippen LogP contribution in [0.1, 0.15) is 44.2 Å². The van der Waals surface area contributed by atoms with E-state index in [1.165, 1.54) is 11.3 Å². The molecule has 250 valence electrons. The van der Waals surface area contributed by atoms with Crippen LogP contribution in [0, 0.1) is 5.92 Å². The fraction of sp³-hybridized carbons (Fsp3) is 0.429. The SMILES string of the molecule is CC(C)C[C@@H]1CN(C(=O)C(N)Cc2ccc(Cl)cc2Cl)[C@@H](CCCNc2nncs2)CN1C(=O)C(N)Cc1ccc2ccccc2c1. The molecule has 4 aromatic rings. The summed E-state index contributed by atoms with van der Waals surface area (Å²) in [4.78, 5) is 32.0. The quantitative estimate of drug-likeness (QED) is 0.151. The van der Waals surface area contributed by atoms with Gasteiger partial charge in [0.25, 0.3) is 0 Å². The number of carbonyl (C=O) groups excluding carboxylic acids is 2. The first kappa shape index (κ1) is 35.0. The molecule has 2 heterocycles. The molecule has 5 N–H and O–H groups in total. The van der Waals surface area contributed by atoms with Crippen LogP contribution < -0.4 is 16.8 Å². The molecule has 1 aliphatic rings. The molecular weight excluding hydrogens is 653 g/mol. The molecule has 3 aromatic carbocycles. The van der Waals surface area contributed by atoms with Crippen molar-refractivity contribution in [2.24, 2.45) is 17.4 Å². The Kier molecular flexibility index (Phi) is 12.1. The third kappa shape index (κ3) is 9.21. The van der Waals surface area contributed by atoms with Crippen molar-refractivity contribution in [3.63, 3.8) is 0 Å². The van der Waals surface area contributed by atoms with Gasteiger partial charge in [-0.3, -0.25) is 9.59 Å². The number of aromatic nitrogens is 2. The summed E-state index contributed by atoms with van der Waals surface area (Å²) >= 11 is 14.0. The zero-order valence-corrected chi connectivity index (χ0v) is 29.1. The second-order valence-electron chi connectivity index (χ2n) is 12.8. The first-order valence-electron chi connectivity index (χ1n) is 16.1. The highest BCUT2D eigenvalue weighted by Gasteiger charge is 2.41. The highest BCUT2D eigenvalue weighted by Crippen LogP contribution is 2.27. The van der Waals surface area contributed by atoms with Crippen LogP contribution in [0.25, 0.3) is 10.8 Å². The maximum Gasteiger partial charge on any atom is 0.240 e. The number of nitrogens with two attached hydrogens (primary N) is 2. The van der Waals surface area contributed by atoms with E-state index in [4.69, 9.17) is 34.7 Å². The molecule has 9 nitrogen and oxygen atoms in total. The monoisotopic (exact) mass is 695 g/mol. The Morgan fingerprint density at radius 3 is 2.34 bits per heavy atom. The van der Waals surface area contributed by atoms with E-state index >= 15 is 0 Å². The van der Waals surface area contributed by atoms with Crippen LogP contribution in [-0.4, -0.2) is 75.6 Å². The first-order chi connectivity index (χ1) is 22.6. The van der Waals surface area contributed by atoms with E-state index in [2.05, 4.69) is 53.6 Å². The summed E-state index contributed by atoms with van der Waals surface area (Å²) in [6, 6.07) is 17.7. The largest absolute Gasteiger partial charge is 0.360 e. The molecule has 2 unspecified atom stereocenters. The van der Waals surface area contributed by atoms with Crippen molar-refractivity contribution < 1.29 is 9.59 Å². The highest BCUT2D eigenvalue weighted by molar-refractivity contribution is 7.13. The van der Waals surface area contributed by atoms with Crippen molar-refractivity contribution >= 4 is 62.3 Å². The zero-order valence-electron chi connectivity index (χ0n) is 26.8. The predicted octanol–water partition coefficient (Wildman–Crippen LogP) is 5.78. The second kappa shape index (κ2) is 16.2. The Balaban J connectivity index is 1.34. The lowest BCUT2D eigenvalue weighted by molar-refractivity contribution is -0.149. The fourth-order valence-corrected chi connectivity index (χ4v) is 7.37. The van der Waals surface area contributed by atoms with Gasteiger partial charge in [0.2, 0.25) is 16.9 Å². The van der Waals surface area contributed by atoms with Gasteiger partial charge in [0.15, 0.2) is 0 Å². The van der Waals surface area contributed by atoms with Crippen LogP contribution in [-0.2, 0) is 22.4 Å². The number of carbonyl (C=O) groups is 2. The van der Waals surface area contributed by atoms with Crippen molar-refractivity contribution in [3.05, 3.63) is 87.3 Å².